The van der Waals surface area contributed by atoms with E-state index in [9.17, 15) is 0 Å². The van der Waals surface area contributed by atoms with Crippen LogP contribution in [-0.4, -0.2) is 6.21 Å². The molecule has 3 heteroatoms. The molecule has 0 fully saturated rings. The molecule has 0 saturated carbocycles. The Balaban J connectivity index is 3.69. The Kier molecular flexibility index (Phi) is 3.98. The molecule has 0 heterocycles. The standard InChI is InChI=1S/C5H7ClN2/c1-2-3-8-5(6)4-7/h2-4H,1,7H2/b5-4-,8-3-. The van der Waals surface area contributed by atoms with Gasteiger partial charge in [-0.1, -0.05) is 24.3 Å². The minimum atomic E-state index is 0.268. The second kappa shape index (κ2) is 4.40. The van der Waals surface area contributed by atoms with Crippen LogP contribution in [0.3, 0.4) is 0 Å². The lowest BCUT2D eigenvalue weighted by Gasteiger charge is -1.79. The molecular formula is C5H7ClN2. The summed E-state index contributed by atoms with van der Waals surface area (Å²) in [5.74, 6) is 0. The SMILES string of the molecule is C=C/C=N\C(Cl)=C/N. The van der Waals surface area contributed by atoms with Crippen molar-refractivity contribution >= 4 is 17.8 Å². The van der Waals surface area contributed by atoms with Crippen molar-refractivity contribution in [1.29, 1.82) is 0 Å². The highest BCUT2D eigenvalue weighted by molar-refractivity contribution is 6.29. The first-order chi connectivity index (χ1) is 3.81. The van der Waals surface area contributed by atoms with Crippen LogP contribution in [0, 0.1) is 0 Å². The van der Waals surface area contributed by atoms with Crippen molar-refractivity contribution in [2.45, 2.75) is 0 Å². The fraction of sp³-hybridized carbons (Fsp3) is 0. The molecule has 0 rings (SSSR count). The molecular weight excluding hydrogens is 124 g/mol. The number of halogens is 1. The molecule has 0 aliphatic rings. The second-order valence-corrected chi connectivity index (χ2v) is 1.39. The van der Waals surface area contributed by atoms with Gasteiger partial charge in [-0.05, 0) is 0 Å². The number of aliphatic imine (C=N–C) groups is 1. The van der Waals surface area contributed by atoms with E-state index < -0.39 is 0 Å². The number of nitrogens with zero attached hydrogens (tertiary/aromatic N) is 1. The van der Waals surface area contributed by atoms with Crippen LogP contribution < -0.4 is 5.73 Å². The van der Waals surface area contributed by atoms with Gasteiger partial charge in [0, 0.05) is 12.4 Å². The lowest BCUT2D eigenvalue weighted by atomic mass is 10.7. The van der Waals surface area contributed by atoms with Gasteiger partial charge in [-0.25, -0.2) is 4.99 Å². The van der Waals surface area contributed by atoms with Crippen LogP contribution in [0.25, 0.3) is 0 Å². The molecule has 0 atom stereocenters. The molecule has 2 nitrogen and oxygen atoms in total. The van der Waals surface area contributed by atoms with E-state index in [0.29, 0.717) is 0 Å². The van der Waals surface area contributed by atoms with Crippen molar-refractivity contribution in [3.8, 4) is 0 Å². The van der Waals surface area contributed by atoms with E-state index in [2.05, 4.69) is 11.6 Å². The maximum absolute atomic E-state index is 5.33. The average Bonchev–Trinajstić information content (AvgIpc) is 1.83. The second-order valence-electron chi connectivity index (χ2n) is 1.00. The highest BCUT2D eigenvalue weighted by atomic mass is 35.5. The molecule has 2 N–H and O–H groups in total. The summed E-state index contributed by atoms with van der Waals surface area (Å²) < 4.78 is 0. The Morgan fingerprint density at radius 3 is 2.75 bits per heavy atom. The minimum Gasteiger partial charge on any atom is -0.402 e. The van der Waals surface area contributed by atoms with Crippen molar-refractivity contribution in [2.75, 3.05) is 0 Å². The van der Waals surface area contributed by atoms with Crippen molar-refractivity contribution in [1.82, 2.24) is 0 Å². The third-order valence-electron chi connectivity index (χ3n) is 0.441. The van der Waals surface area contributed by atoms with Gasteiger partial charge in [0.2, 0.25) is 0 Å². The number of hydrogen-bond acceptors (Lipinski definition) is 2. The molecule has 44 valence electrons. The van der Waals surface area contributed by atoms with Gasteiger partial charge >= 0.3 is 0 Å². The summed E-state index contributed by atoms with van der Waals surface area (Å²) >= 11 is 5.33. The zero-order valence-electron chi connectivity index (χ0n) is 4.34. The number of nitrogens with two attached hydrogens (primary N) is 1. The normalized spacial score (nSPS) is 12.4. The maximum atomic E-state index is 5.33. The van der Waals surface area contributed by atoms with Gasteiger partial charge in [0.25, 0.3) is 0 Å². The zero-order valence-corrected chi connectivity index (χ0v) is 5.10. The smallest absolute Gasteiger partial charge is 0.144 e. The summed E-state index contributed by atoms with van der Waals surface area (Å²) in [4.78, 5) is 3.62. The van der Waals surface area contributed by atoms with Crippen LogP contribution in [0.15, 0.2) is 29.0 Å². The summed E-state index contributed by atoms with van der Waals surface area (Å²) in [5.41, 5.74) is 4.97. The van der Waals surface area contributed by atoms with E-state index in [1.807, 2.05) is 0 Å². The van der Waals surface area contributed by atoms with Crippen molar-refractivity contribution in [2.24, 2.45) is 10.7 Å². The van der Waals surface area contributed by atoms with Gasteiger partial charge in [0.05, 0.1) is 0 Å². The Labute approximate surface area is 53.4 Å². The number of allylic oxidation sites excluding steroid dienone is 1. The first-order valence-corrected chi connectivity index (χ1v) is 2.41. The highest BCUT2D eigenvalue weighted by Crippen LogP contribution is 1.97. The summed E-state index contributed by atoms with van der Waals surface area (Å²) in [5, 5.41) is 0.268. The van der Waals surface area contributed by atoms with Gasteiger partial charge in [0.1, 0.15) is 5.16 Å². The molecule has 8 heavy (non-hydrogen) atoms. The van der Waals surface area contributed by atoms with Crippen molar-refractivity contribution in [3.05, 3.63) is 24.0 Å². The molecule has 0 saturated heterocycles. The Morgan fingerprint density at radius 2 is 2.38 bits per heavy atom. The van der Waals surface area contributed by atoms with E-state index in [1.165, 1.54) is 18.5 Å². The molecule has 0 bridgehead atoms. The van der Waals surface area contributed by atoms with Crippen LogP contribution in [0.2, 0.25) is 0 Å². The largest absolute Gasteiger partial charge is 0.402 e. The van der Waals surface area contributed by atoms with E-state index in [4.69, 9.17) is 17.3 Å². The highest BCUT2D eigenvalue weighted by Gasteiger charge is 1.75. The first-order valence-electron chi connectivity index (χ1n) is 2.03. The van der Waals surface area contributed by atoms with E-state index in [-0.39, 0.29) is 5.16 Å². The summed E-state index contributed by atoms with van der Waals surface area (Å²) in [6, 6.07) is 0. The molecule has 0 radical (unpaired) electrons. The van der Waals surface area contributed by atoms with Crippen molar-refractivity contribution < 1.29 is 0 Å². The Morgan fingerprint density at radius 1 is 1.75 bits per heavy atom. The van der Waals surface area contributed by atoms with Gasteiger partial charge in [0.15, 0.2) is 0 Å². The van der Waals surface area contributed by atoms with Crippen LogP contribution >= 0.6 is 11.6 Å². The quantitative estimate of drug-likeness (QED) is 0.443. The van der Waals surface area contributed by atoms with E-state index in [0.717, 1.165) is 0 Å². The number of rotatable bonds is 2. The first kappa shape index (κ1) is 7.24. The Bertz CT molecular complexity index is 126. The minimum absolute atomic E-state index is 0.268. The fourth-order valence-electron chi connectivity index (χ4n) is 0.167. The molecule has 0 aromatic heterocycles. The lowest BCUT2D eigenvalue weighted by Crippen LogP contribution is -1.78. The van der Waals surface area contributed by atoms with E-state index >= 15 is 0 Å². The molecule has 0 aliphatic heterocycles. The van der Waals surface area contributed by atoms with Gasteiger partial charge < -0.3 is 5.73 Å². The van der Waals surface area contributed by atoms with Crippen LogP contribution in [0.5, 0.6) is 0 Å². The fourth-order valence-corrected chi connectivity index (χ4v) is 0.223. The van der Waals surface area contributed by atoms with Gasteiger partial charge in [-0.15, -0.1) is 0 Å². The molecule has 0 aromatic rings. The topological polar surface area (TPSA) is 38.4 Å². The third kappa shape index (κ3) is 3.43. The number of hydrogen-bond donors (Lipinski definition) is 1. The molecule has 0 amide bonds. The zero-order chi connectivity index (χ0) is 6.41. The predicted molar refractivity (Wildman–Crippen MR) is 36.8 cm³/mol. The monoisotopic (exact) mass is 130 g/mol. The third-order valence-corrected chi connectivity index (χ3v) is 0.664. The van der Waals surface area contributed by atoms with Gasteiger partial charge in [-0.2, -0.15) is 0 Å². The summed E-state index contributed by atoms with van der Waals surface area (Å²) in [6.07, 6.45) is 4.19. The molecule has 0 aliphatic carbocycles. The lowest BCUT2D eigenvalue weighted by molar-refractivity contribution is 1.45. The molecule has 0 aromatic carbocycles. The summed E-state index contributed by atoms with van der Waals surface area (Å²) in [7, 11) is 0. The maximum Gasteiger partial charge on any atom is 0.144 e. The van der Waals surface area contributed by atoms with Crippen LogP contribution in [-0.2, 0) is 0 Å². The predicted octanol–water partition coefficient (Wildman–Crippen LogP) is 1.24. The van der Waals surface area contributed by atoms with Gasteiger partial charge in [-0.3, -0.25) is 0 Å². The molecule has 0 unspecified atom stereocenters. The van der Waals surface area contributed by atoms with E-state index in [1.54, 1.807) is 0 Å². The van der Waals surface area contributed by atoms with Crippen LogP contribution in [0.4, 0.5) is 0 Å². The molecule has 0 spiro atoms. The summed E-state index contributed by atoms with van der Waals surface area (Å²) in [6.45, 7) is 3.39. The average molecular weight is 131 g/mol. The van der Waals surface area contributed by atoms with Crippen molar-refractivity contribution in [3.63, 3.8) is 0 Å². The van der Waals surface area contributed by atoms with Crippen LogP contribution in [0.1, 0.15) is 0 Å². The Hall–Kier alpha value is -0.760.